The molecule has 4 nitrogen and oxygen atoms in total. The number of rotatable bonds is 8. The van der Waals surface area contributed by atoms with Crippen LogP contribution in [0.25, 0.3) is 0 Å². The summed E-state index contributed by atoms with van der Waals surface area (Å²) in [6.07, 6.45) is 5.19. The van der Waals surface area contributed by atoms with Crippen molar-refractivity contribution < 1.29 is 4.79 Å². The van der Waals surface area contributed by atoms with Crippen molar-refractivity contribution in [1.29, 1.82) is 0 Å². The van der Waals surface area contributed by atoms with Crippen molar-refractivity contribution in [3.63, 3.8) is 0 Å². The molecule has 2 rings (SSSR count). The minimum atomic E-state index is 0.124. The summed E-state index contributed by atoms with van der Waals surface area (Å²) >= 11 is 0. The van der Waals surface area contributed by atoms with E-state index in [0.29, 0.717) is 6.42 Å². The summed E-state index contributed by atoms with van der Waals surface area (Å²) in [5.74, 6) is 0.124. The third-order valence-electron chi connectivity index (χ3n) is 3.83. The molecule has 0 aliphatic carbocycles. The van der Waals surface area contributed by atoms with Gasteiger partial charge in [-0.1, -0.05) is 31.0 Å². The number of piperazine rings is 1. The molecular formula is C17H26N3O. The lowest BCUT2D eigenvalue weighted by Crippen LogP contribution is -2.40. The molecule has 1 N–H and O–H groups in total. The maximum Gasteiger partial charge on any atom is 0.224 e. The number of benzene rings is 1. The van der Waals surface area contributed by atoms with Crippen molar-refractivity contribution in [2.24, 2.45) is 0 Å². The lowest BCUT2D eigenvalue weighted by Gasteiger charge is -2.26. The highest BCUT2D eigenvalue weighted by molar-refractivity contribution is 5.90. The van der Waals surface area contributed by atoms with Crippen LogP contribution in [0.5, 0.6) is 0 Å². The first-order valence-electron chi connectivity index (χ1n) is 8.05. The minimum Gasteiger partial charge on any atom is -0.326 e. The Labute approximate surface area is 127 Å². The van der Waals surface area contributed by atoms with Crippen LogP contribution in [0.2, 0.25) is 0 Å². The lowest BCUT2D eigenvalue weighted by molar-refractivity contribution is -0.116. The molecule has 1 aromatic carbocycles. The van der Waals surface area contributed by atoms with Crippen LogP contribution < -0.4 is 10.6 Å². The Morgan fingerprint density at radius 1 is 1.05 bits per heavy atom. The summed E-state index contributed by atoms with van der Waals surface area (Å²) < 4.78 is 0. The van der Waals surface area contributed by atoms with Gasteiger partial charge in [-0.25, -0.2) is 5.32 Å². The molecule has 115 valence electrons. The molecule has 0 aromatic heterocycles. The fraction of sp³-hybridized carbons (Fsp3) is 0.588. The van der Waals surface area contributed by atoms with Crippen molar-refractivity contribution in [1.82, 2.24) is 10.2 Å². The number of nitrogens with zero attached hydrogens (tertiary/aromatic N) is 2. The lowest BCUT2D eigenvalue weighted by atomic mass is 10.1. The zero-order valence-electron chi connectivity index (χ0n) is 12.8. The number of amides is 1. The Bertz CT molecular complexity index is 402. The Hall–Kier alpha value is -1.39. The van der Waals surface area contributed by atoms with E-state index in [1.54, 1.807) is 0 Å². The zero-order valence-corrected chi connectivity index (χ0v) is 12.8. The molecule has 0 bridgehead atoms. The molecule has 0 spiro atoms. The molecule has 1 aromatic rings. The molecule has 1 amide bonds. The van der Waals surface area contributed by atoms with Crippen LogP contribution in [0.4, 0.5) is 5.69 Å². The predicted molar refractivity (Wildman–Crippen MR) is 86.5 cm³/mol. The van der Waals surface area contributed by atoms with E-state index in [2.05, 4.69) is 15.5 Å². The van der Waals surface area contributed by atoms with E-state index in [-0.39, 0.29) is 5.91 Å². The van der Waals surface area contributed by atoms with Gasteiger partial charge in [-0.05, 0) is 31.5 Å². The van der Waals surface area contributed by atoms with Crippen LogP contribution >= 0.6 is 0 Å². The standard InChI is InChI=1S/C17H26N3O/c21-17(19-16-8-4-3-5-9-16)10-6-1-2-7-13-20-14-11-18-12-15-20/h3-5,8-9H,1-2,6-7,10-15H2,(H,19,21). The van der Waals surface area contributed by atoms with Gasteiger partial charge >= 0.3 is 0 Å². The van der Waals surface area contributed by atoms with Gasteiger partial charge in [0.2, 0.25) is 5.91 Å². The average molecular weight is 288 g/mol. The summed E-state index contributed by atoms with van der Waals surface area (Å²) in [7, 11) is 0. The van der Waals surface area contributed by atoms with Crippen molar-refractivity contribution in [2.75, 3.05) is 38.0 Å². The number of nitrogens with one attached hydrogen (secondary N) is 1. The summed E-state index contributed by atoms with van der Waals surface area (Å²) in [5, 5.41) is 7.28. The first-order valence-corrected chi connectivity index (χ1v) is 8.05. The number of unbranched alkanes of at least 4 members (excludes halogenated alkanes) is 3. The molecule has 0 saturated carbocycles. The number of carbonyl (C=O) groups excluding carboxylic acids is 1. The number of hydrogen-bond acceptors (Lipinski definition) is 2. The third-order valence-corrected chi connectivity index (χ3v) is 3.83. The highest BCUT2D eigenvalue weighted by atomic mass is 16.1. The first-order chi connectivity index (χ1) is 10.3. The van der Waals surface area contributed by atoms with Gasteiger partial charge < -0.3 is 10.2 Å². The molecule has 1 aliphatic rings. The summed E-state index contributed by atoms with van der Waals surface area (Å²) in [6, 6.07) is 9.66. The Kier molecular flexibility index (Phi) is 7.25. The molecule has 1 radical (unpaired) electrons. The van der Waals surface area contributed by atoms with Crippen molar-refractivity contribution >= 4 is 11.6 Å². The summed E-state index contributed by atoms with van der Waals surface area (Å²) in [5.41, 5.74) is 0.887. The van der Waals surface area contributed by atoms with Gasteiger partial charge in [0, 0.05) is 38.3 Å². The maximum absolute atomic E-state index is 11.8. The van der Waals surface area contributed by atoms with Crippen LogP contribution in [0, 0.1) is 0 Å². The Morgan fingerprint density at radius 3 is 2.52 bits per heavy atom. The first kappa shape index (κ1) is 16.0. The van der Waals surface area contributed by atoms with E-state index in [1.807, 2.05) is 30.3 Å². The van der Waals surface area contributed by atoms with E-state index in [9.17, 15) is 4.79 Å². The number of hydrogen-bond donors (Lipinski definition) is 1. The molecule has 0 unspecified atom stereocenters. The van der Waals surface area contributed by atoms with Gasteiger partial charge in [0.1, 0.15) is 0 Å². The SMILES string of the molecule is O=C(CCCCCCN1CC[N]CC1)Nc1ccccc1. The van der Waals surface area contributed by atoms with E-state index in [0.717, 1.165) is 44.7 Å². The molecular weight excluding hydrogens is 262 g/mol. The minimum absolute atomic E-state index is 0.124. The molecule has 1 heterocycles. The van der Waals surface area contributed by atoms with Crippen LogP contribution in [-0.2, 0) is 4.79 Å². The van der Waals surface area contributed by atoms with E-state index in [4.69, 9.17) is 0 Å². The second kappa shape index (κ2) is 9.53. The zero-order chi connectivity index (χ0) is 14.8. The normalized spacial score (nSPS) is 15.8. The highest BCUT2D eigenvalue weighted by Crippen LogP contribution is 2.09. The smallest absolute Gasteiger partial charge is 0.224 e. The molecule has 0 atom stereocenters. The second-order valence-corrected chi connectivity index (χ2v) is 5.59. The fourth-order valence-corrected chi connectivity index (χ4v) is 2.59. The third kappa shape index (κ3) is 6.74. The number of anilines is 1. The topological polar surface area (TPSA) is 46.4 Å². The summed E-state index contributed by atoms with van der Waals surface area (Å²) in [4.78, 5) is 14.3. The van der Waals surface area contributed by atoms with E-state index >= 15 is 0 Å². The quantitative estimate of drug-likeness (QED) is 0.747. The maximum atomic E-state index is 11.8. The molecule has 1 aliphatic heterocycles. The second-order valence-electron chi connectivity index (χ2n) is 5.59. The van der Waals surface area contributed by atoms with Crippen molar-refractivity contribution in [3.8, 4) is 0 Å². The van der Waals surface area contributed by atoms with Gasteiger partial charge in [-0.3, -0.25) is 4.79 Å². The molecule has 21 heavy (non-hydrogen) atoms. The van der Waals surface area contributed by atoms with Gasteiger partial charge in [0.15, 0.2) is 0 Å². The average Bonchev–Trinajstić information content (AvgIpc) is 2.53. The van der Waals surface area contributed by atoms with E-state index in [1.165, 1.54) is 19.4 Å². The van der Waals surface area contributed by atoms with Crippen LogP contribution in [-0.4, -0.2) is 43.5 Å². The summed E-state index contributed by atoms with van der Waals surface area (Å²) in [6.45, 7) is 5.43. The van der Waals surface area contributed by atoms with Gasteiger partial charge in [0.05, 0.1) is 0 Å². The highest BCUT2D eigenvalue weighted by Gasteiger charge is 2.09. The molecule has 1 saturated heterocycles. The van der Waals surface area contributed by atoms with Crippen LogP contribution in [0.3, 0.4) is 0 Å². The molecule has 1 fully saturated rings. The van der Waals surface area contributed by atoms with Crippen molar-refractivity contribution in [3.05, 3.63) is 30.3 Å². The van der Waals surface area contributed by atoms with E-state index < -0.39 is 0 Å². The van der Waals surface area contributed by atoms with Crippen molar-refractivity contribution in [2.45, 2.75) is 32.1 Å². The predicted octanol–water partition coefficient (Wildman–Crippen LogP) is 2.50. The van der Waals surface area contributed by atoms with Crippen LogP contribution in [0.15, 0.2) is 30.3 Å². The number of carbonyl (C=O) groups is 1. The molecule has 4 heteroatoms. The van der Waals surface area contributed by atoms with Gasteiger partial charge in [0.25, 0.3) is 0 Å². The number of para-hydroxylation sites is 1. The van der Waals surface area contributed by atoms with Gasteiger partial charge in [-0.2, -0.15) is 0 Å². The Balaban J connectivity index is 1.46. The Morgan fingerprint density at radius 2 is 1.76 bits per heavy atom. The fourth-order valence-electron chi connectivity index (χ4n) is 2.59. The largest absolute Gasteiger partial charge is 0.326 e. The van der Waals surface area contributed by atoms with Gasteiger partial charge in [-0.15, -0.1) is 0 Å². The monoisotopic (exact) mass is 288 g/mol. The van der Waals surface area contributed by atoms with Crippen LogP contribution in [0.1, 0.15) is 32.1 Å².